The summed E-state index contributed by atoms with van der Waals surface area (Å²) in [6.07, 6.45) is -4.65. The van der Waals surface area contributed by atoms with Gasteiger partial charge in [-0.25, -0.2) is 0 Å². The van der Waals surface area contributed by atoms with Crippen molar-refractivity contribution in [3.63, 3.8) is 0 Å². The molecule has 37 heavy (non-hydrogen) atoms. The molecule has 202 valence electrons. The molecule has 0 aliphatic carbocycles. The Bertz CT molecular complexity index is 968. The lowest BCUT2D eigenvalue weighted by Crippen LogP contribution is -2.61. The van der Waals surface area contributed by atoms with Gasteiger partial charge in [0.05, 0.1) is 32.0 Å². The Balaban J connectivity index is 1.53. The van der Waals surface area contributed by atoms with Crippen molar-refractivity contribution in [3.05, 3.63) is 84.4 Å². The monoisotopic (exact) mass is 514 g/mol. The summed E-state index contributed by atoms with van der Waals surface area (Å²) in [6.45, 7) is 7.40. The van der Waals surface area contributed by atoms with E-state index in [2.05, 4.69) is 6.58 Å². The Labute approximate surface area is 218 Å². The van der Waals surface area contributed by atoms with Crippen LogP contribution in [0.4, 0.5) is 0 Å². The first kappa shape index (κ1) is 27.9. The summed E-state index contributed by atoms with van der Waals surface area (Å²) in [5.74, 6) is -0.917. The Morgan fingerprint density at radius 1 is 0.892 bits per heavy atom. The summed E-state index contributed by atoms with van der Waals surface area (Å²) in [5, 5.41) is 32.1. The maximum atomic E-state index is 11.5. The van der Waals surface area contributed by atoms with E-state index in [9.17, 15) is 15.3 Å². The number of ether oxygens (including phenoxy) is 5. The van der Waals surface area contributed by atoms with Crippen molar-refractivity contribution in [1.29, 1.82) is 0 Å². The number of benzene rings is 2. The van der Waals surface area contributed by atoms with Crippen LogP contribution in [0.5, 0.6) is 0 Å². The van der Waals surface area contributed by atoms with Gasteiger partial charge in [0.1, 0.15) is 36.6 Å². The van der Waals surface area contributed by atoms with Crippen molar-refractivity contribution < 1.29 is 39.0 Å². The maximum Gasteiger partial charge on any atom is 0.163 e. The molecular weight excluding hydrogens is 476 g/mol. The lowest BCUT2D eigenvalue weighted by Gasteiger charge is -2.45. The maximum absolute atomic E-state index is 11.5. The van der Waals surface area contributed by atoms with Crippen LogP contribution in [-0.2, 0) is 36.9 Å². The predicted octanol–water partition coefficient (Wildman–Crippen LogP) is 2.73. The molecule has 0 unspecified atom stereocenters. The molecule has 0 bridgehead atoms. The first-order valence-electron chi connectivity index (χ1n) is 12.7. The molecule has 2 aromatic carbocycles. The molecule has 0 spiro atoms. The Morgan fingerprint density at radius 3 is 2.00 bits per heavy atom. The summed E-state index contributed by atoms with van der Waals surface area (Å²) < 4.78 is 30.6. The van der Waals surface area contributed by atoms with Crippen LogP contribution < -0.4 is 0 Å². The predicted molar refractivity (Wildman–Crippen MR) is 136 cm³/mol. The molecule has 8 heteroatoms. The summed E-state index contributed by atoms with van der Waals surface area (Å²) in [4.78, 5) is 0. The molecule has 2 saturated heterocycles. The van der Waals surface area contributed by atoms with Crippen LogP contribution >= 0.6 is 0 Å². The van der Waals surface area contributed by atoms with Gasteiger partial charge in [-0.3, -0.25) is 0 Å². The molecule has 2 heterocycles. The van der Waals surface area contributed by atoms with Gasteiger partial charge < -0.3 is 39.0 Å². The Hall–Kier alpha value is -2.14. The van der Waals surface area contributed by atoms with Crippen LogP contribution in [0.15, 0.2) is 73.3 Å². The Kier molecular flexibility index (Phi) is 9.50. The molecule has 4 rings (SSSR count). The third-order valence-corrected chi connectivity index (χ3v) is 6.77. The van der Waals surface area contributed by atoms with Gasteiger partial charge in [0, 0.05) is 6.42 Å². The molecular formula is C29H38O8. The quantitative estimate of drug-likeness (QED) is 0.393. The highest BCUT2D eigenvalue weighted by atomic mass is 16.8. The van der Waals surface area contributed by atoms with Crippen LogP contribution in [0.25, 0.3) is 0 Å². The zero-order valence-corrected chi connectivity index (χ0v) is 21.4. The summed E-state index contributed by atoms with van der Waals surface area (Å²) in [5.41, 5.74) is 1.90. The van der Waals surface area contributed by atoms with Gasteiger partial charge in [0.2, 0.25) is 0 Å². The van der Waals surface area contributed by atoms with Crippen molar-refractivity contribution in [3.8, 4) is 0 Å². The molecule has 0 saturated carbocycles. The van der Waals surface area contributed by atoms with E-state index in [-0.39, 0.29) is 26.2 Å². The molecule has 0 amide bonds. The van der Waals surface area contributed by atoms with Gasteiger partial charge in [-0.05, 0) is 25.0 Å². The molecule has 8 nitrogen and oxygen atoms in total. The van der Waals surface area contributed by atoms with Crippen LogP contribution in [0.1, 0.15) is 31.4 Å². The minimum absolute atomic E-state index is 0.216. The smallest absolute Gasteiger partial charge is 0.163 e. The van der Waals surface area contributed by atoms with Crippen molar-refractivity contribution >= 4 is 0 Å². The van der Waals surface area contributed by atoms with Crippen molar-refractivity contribution in [1.82, 2.24) is 0 Å². The van der Waals surface area contributed by atoms with Crippen LogP contribution in [0, 0.1) is 0 Å². The second-order valence-electron chi connectivity index (χ2n) is 10.0. The lowest BCUT2D eigenvalue weighted by molar-refractivity contribution is -0.263. The highest BCUT2D eigenvalue weighted by Crippen LogP contribution is 2.36. The minimum Gasteiger partial charge on any atom is -0.394 e. The topological polar surface area (TPSA) is 107 Å². The molecule has 2 aliphatic heterocycles. The highest BCUT2D eigenvalue weighted by molar-refractivity contribution is 5.15. The summed E-state index contributed by atoms with van der Waals surface area (Å²) in [7, 11) is 0. The van der Waals surface area contributed by atoms with Gasteiger partial charge in [-0.1, -0.05) is 66.7 Å². The molecule has 8 atom stereocenters. The fourth-order valence-corrected chi connectivity index (χ4v) is 4.97. The average molecular weight is 515 g/mol. The van der Waals surface area contributed by atoms with Crippen molar-refractivity contribution in [2.45, 2.75) is 88.1 Å². The normalized spacial score (nSPS) is 32.2. The van der Waals surface area contributed by atoms with E-state index in [1.165, 1.54) is 6.08 Å². The SMILES string of the molecule is C=C[C@@H](O)[C@H]1OC(C)(C)O[C@@H]1C[C@H]1O[C@H](CO)[C@@H](OCc2ccccc2)[C@H](OCc2ccccc2)[C@H]1O. The third kappa shape index (κ3) is 7.04. The second kappa shape index (κ2) is 12.6. The summed E-state index contributed by atoms with van der Waals surface area (Å²) >= 11 is 0. The minimum atomic E-state index is -1.08. The lowest BCUT2D eigenvalue weighted by atomic mass is 9.90. The number of rotatable bonds is 11. The zero-order valence-electron chi connectivity index (χ0n) is 21.4. The molecule has 3 N–H and O–H groups in total. The van der Waals surface area contributed by atoms with Gasteiger partial charge in [-0.2, -0.15) is 0 Å². The fourth-order valence-electron chi connectivity index (χ4n) is 4.97. The van der Waals surface area contributed by atoms with E-state index in [0.29, 0.717) is 0 Å². The van der Waals surface area contributed by atoms with Gasteiger partial charge >= 0.3 is 0 Å². The van der Waals surface area contributed by atoms with Crippen LogP contribution in [0.3, 0.4) is 0 Å². The van der Waals surface area contributed by atoms with E-state index in [1.54, 1.807) is 13.8 Å². The molecule has 0 aromatic heterocycles. The number of hydrogen-bond donors (Lipinski definition) is 3. The standard InChI is InChI=1S/C29H38O8/c1-4-21(31)26-23(36-29(2,3)37-26)15-22-25(32)28(34-18-20-13-9-6-10-14-20)27(24(16-30)35-22)33-17-19-11-7-5-8-12-19/h4-14,21-28,30-32H,1,15-18H2,2-3H3/t21-,22-,23-,24-,25+,26-,27-,28-/m1/s1. The van der Waals surface area contributed by atoms with Gasteiger partial charge in [-0.15, -0.1) is 6.58 Å². The van der Waals surface area contributed by atoms with Gasteiger partial charge in [0.15, 0.2) is 5.79 Å². The first-order valence-corrected chi connectivity index (χ1v) is 12.7. The van der Waals surface area contributed by atoms with Crippen molar-refractivity contribution in [2.24, 2.45) is 0 Å². The van der Waals surface area contributed by atoms with Crippen molar-refractivity contribution in [2.75, 3.05) is 6.61 Å². The van der Waals surface area contributed by atoms with E-state index in [1.807, 2.05) is 60.7 Å². The van der Waals surface area contributed by atoms with E-state index >= 15 is 0 Å². The average Bonchev–Trinajstić information content (AvgIpc) is 3.22. The molecule has 0 radical (unpaired) electrons. The molecule has 2 fully saturated rings. The largest absolute Gasteiger partial charge is 0.394 e. The number of aliphatic hydroxyl groups excluding tert-OH is 3. The summed E-state index contributed by atoms with van der Waals surface area (Å²) in [6, 6.07) is 19.3. The van der Waals surface area contributed by atoms with Crippen LogP contribution in [-0.4, -0.2) is 76.5 Å². The van der Waals surface area contributed by atoms with E-state index < -0.39 is 54.6 Å². The second-order valence-corrected chi connectivity index (χ2v) is 10.0. The fraction of sp³-hybridized carbons (Fsp3) is 0.517. The number of hydrogen-bond acceptors (Lipinski definition) is 8. The van der Waals surface area contributed by atoms with E-state index in [4.69, 9.17) is 23.7 Å². The molecule has 2 aliphatic rings. The molecule has 2 aromatic rings. The third-order valence-electron chi connectivity index (χ3n) is 6.77. The van der Waals surface area contributed by atoms with E-state index in [0.717, 1.165) is 11.1 Å². The highest BCUT2D eigenvalue weighted by Gasteiger charge is 2.51. The first-order chi connectivity index (χ1) is 17.8. The Morgan fingerprint density at radius 2 is 1.46 bits per heavy atom. The number of aliphatic hydroxyl groups is 3. The zero-order chi connectivity index (χ0) is 26.4. The van der Waals surface area contributed by atoms with Crippen LogP contribution in [0.2, 0.25) is 0 Å². The van der Waals surface area contributed by atoms with Gasteiger partial charge in [0.25, 0.3) is 0 Å².